The van der Waals surface area contributed by atoms with E-state index in [1.807, 2.05) is 0 Å². The zero-order valence-electron chi connectivity index (χ0n) is 7.20. The van der Waals surface area contributed by atoms with Gasteiger partial charge in [0.1, 0.15) is 6.10 Å². The maximum Gasteiger partial charge on any atom is 0.190 e. The van der Waals surface area contributed by atoms with Crippen molar-refractivity contribution in [3.8, 4) is 0 Å². The molecule has 1 aromatic carbocycles. The van der Waals surface area contributed by atoms with Gasteiger partial charge in [0.05, 0.1) is 0 Å². The average Bonchev–Trinajstić information content (AvgIpc) is 2.04. The number of carbonyl (C=O) groups excluding carboxylic acids is 1. The second-order valence-electron chi connectivity index (χ2n) is 2.55. The van der Waals surface area contributed by atoms with Crippen molar-refractivity contribution in [3.63, 3.8) is 0 Å². The smallest absolute Gasteiger partial charge is 0.190 e. The Labute approximate surface area is 121 Å². The predicted molar refractivity (Wildman–Crippen MR) is 50.2 cm³/mol. The summed E-state index contributed by atoms with van der Waals surface area (Å²) in [5.74, 6) is -0.248. The third-order valence-electron chi connectivity index (χ3n) is 1.51. The summed E-state index contributed by atoms with van der Waals surface area (Å²) in [6.07, 6.45) is -0.925. The van der Waals surface area contributed by atoms with Crippen LogP contribution in [0.1, 0.15) is 17.3 Å². The van der Waals surface area contributed by atoms with Gasteiger partial charge in [-0.25, -0.2) is 0 Å². The van der Waals surface area contributed by atoms with Crippen molar-refractivity contribution in [2.75, 3.05) is 0 Å². The molecule has 0 heterocycles. The van der Waals surface area contributed by atoms with Crippen LogP contribution in [0.4, 0.5) is 0 Å². The molecule has 1 rings (SSSR count). The number of hydrogen-bond acceptors (Lipinski definition) is 2. The molecule has 2 nitrogen and oxygen atoms in total. The second kappa shape index (κ2) is 6.29. The predicted octanol–water partition coefficient (Wildman–Crippen LogP) is 2.01. The summed E-state index contributed by atoms with van der Waals surface area (Å²) in [7, 11) is 0. The number of aliphatic hydroxyl groups is 1. The molecule has 0 unspecified atom stereocenters. The van der Waals surface area contributed by atoms with Crippen LogP contribution in [0, 0.1) is 44.1 Å². The van der Waals surface area contributed by atoms with Crippen LogP contribution in [0.2, 0.25) is 0 Å². The minimum Gasteiger partial charge on any atom is -0.385 e. The van der Waals surface area contributed by atoms with E-state index >= 15 is 0 Å². The first-order valence-corrected chi connectivity index (χ1v) is 4.38. The van der Waals surface area contributed by atoms with Crippen LogP contribution in [-0.4, -0.2) is 17.0 Å². The van der Waals surface area contributed by atoms with Crippen LogP contribution in [0.15, 0.2) is 28.7 Å². The van der Waals surface area contributed by atoms with Gasteiger partial charge >= 0.3 is 0 Å². The topological polar surface area (TPSA) is 37.3 Å². The Kier molecular flexibility index (Phi) is 6.67. The number of Topliss-reactive ketones (excluding diaryl/α,β-unsaturated/α-hetero) is 1. The van der Waals surface area contributed by atoms with Gasteiger partial charge in [0.25, 0.3) is 0 Å². The summed E-state index contributed by atoms with van der Waals surface area (Å²) in [6.45, 7) is 1.46. The molecule has 4 heteroatoms. The molecule has 13 heavy (non-hydrogen) atoms. The summed E-state index contributed by atoms with van der Waals surface area (Å²) in [6, 6.07) is 6.91. The Balaban J connectivity index is 0.00000144. The first-order valence-electron chi connectivity index (χ1n) is 3.59. The molecule has 67 valence electrons. The van der Waals surface area contributed by atoms with Gasteiger partial charge < -0.3 is 5.11 Å². The average molecular weight is 456 g/mol. The number of halogens is 1. The van der Waals surface area contributed by atoms with Crippen LogP contribution in [0.25, 0.3) is 0 Å². The molecule has 0 bridgehead atoms. The monoisotopic (exact) mass is 455 g/mol. The summed E-state index contributed by atoms with van der Waals surface area (Å²) < 4.78 is 0.921. The van der Waals surface area contributed by atoms with E-state index in [2.05, 4.69) is 15.9 Å². The summed E-state index contributed by atoms with van der Waals surface area (Å²) in [5.41, 5.74) is 0.535. The molecule has 1 N–H and O–H groups in total. The van der Waals surface area contributed by atoms with E-state index in [4.69, 9.17) is 5.11 Å². The standard InChI is InChI=1S/C9H9BrO2.Ac/c1-6(11)9(12)7-2-4-8(10)5-3-7;/h2-6,11H,1H3;/t6-;/m1./s1. The van der Waals surface area contributed by atoms with Gasteiger partial charge in [-0.1, -0.05) is 28.1 Å². The molecule has 0 spiro atoms. The number of aliphatic hydroxyl groups excluding tert-OH is 1. The SMILES string of the molecule is C[C@@H](O)C(=O)c1ccc(Br)cc1.[Ac]. The fraction of sp³-hybridized carbons (Fsp3) is 0.222. The van der Waals surface area contributed by atoms with Gasteiger partial charge in [-0.15, -0.1) is 0 Å². The zero-order chi connectivity index (χ0) is 9.14. The van der Waals surface area contributed by atoms with Crippen molar-refractivity contribution in [2.45, 2.75) is 13.0 Å². The third kappa shape index (κ3) is 4.21. The Bertz CT molecular complexity index is 282. The maximum atomic E-state index is 11.2. The van der Waals surface area contributed by atoms with E-state index in [1.165, 1.54) is 6.92 Å². The van der Waals surface area contributed by atoms with Crippen molar-refractivity contribution in [3.05, 3.63) is 34.3 Å². The molecule has 1 aromatic rings. The molecule has 1 radical (unpaired) electrons. The first kappa shape index (κ1) is 13.8. The Morgan fingerprint density at radius 1 is 1.38 bits per heavy atom. The fourth-order valence-electron chi connectivity index (χ4n) is 0.855. The van der Waals surface area contributed by atoms with Gasteiger partial charge in [0.15, 0.2) is 5.78 Å². The fourth-order valence-corrected chi connectivity index (χ4v) is 1.12. The molecular weight excluding hydrogens is 447 g/mol. The number of ketones is 1. The van der Waals surface area contributed by atoms with Gasteiger partial charge in [-0.3, -0.25) is 4.79 Å². The van der Waals surface area contributed by atoms with Crippen molar-refractivity contribution in [1.82, 2.24) is 0 Å². The second-order valence-corrected chi connectivity index (χ2v) is 3.46. The Hall–Kier alpha value is 0.772. The van der Waals surface area contributed by atoms with E-state index in [-0.39, 0.29) is 49.8 Å². The van der Waals surface area contributed by atoms with Gasteiger partial charge in [-0.05, 0) is 19.1 Å². The molecule has 0 aromatic heterocycles. The number of rotatable bonds is 2. The summed E-state index contributed by atoms with van der Waals surface area (Å²) >= 11 is 3.26. The molecule has 0 aliphatic carbocycles. The molecule has 0 saturated carbocycles. The minimum absolute atomic E-state index is 0. The van der Waals surface area contributed by atoms with E-state index in [9.17, 15) is 4.79 Å². The van der Waals surface area contributed by atoms with Gasteiger partial charge in [0, 0.05) is 54.1 Å². The van der Waals surface area contributed by atoms with E-state index < -0.39 is 6.10 Å². The van der Waals surface area contributed by atoms with Crippen molar-refractivity contribution in [2.24, 2.45) is 0 Å². The molecule has 0 fully saturated rings. The van der Waals surface area contributed by atoms with Crippen molar-refractivity contribution in [1.29, 1.82) is 0 Å². The normalized spacial score (nSPS) is 11.6. The van der Waals surface area contributed by atoms with Crippen LogP contribution in [0.5, 0.6) is 0 Å². The molecule has 0 saturated heterocycles. The van der Waals surface area contributed by atoms with Crippen molar-refractivity contribution >= 4 is 21.7 Å². The third-order valence-corrected chi connectivity index (χ3v) is 2.04. The Morgan fingerprint density at radius 2 is 1.85 bits per heavy atom. The first-order chi connectivity index (χ1) is 5.61. The Morgan fingerprint density at radius 3 is 2.23 bits per heavy atom. The van der Waals surface area contributed by atoms with Crippen LogP contribution < -0.4 is 0 Å². The van der Waals surface area contributed by atoms with Gasteiger partial charge in [0.2, 0.25) is 0 Å². The molecule has 0 aliphatic rings. The number of carbonyl (C=O) groups is 1. The zero-order valence-corrected chi connectivity index (χ0v) is 13.5. The van der Waals surface area contributed by atoms with E-state index in [1.54, 1.807) is 24.3 Å². The van der Waals surface area contributed by atoms with Crippen LogP contribution in [0.3, 0.4) is 0 Å². The summed E-state index contributed by atoms with van der Waals surface area (Å²) in [5, 5.41) is 8.98. The number of hydrogen-bond donors (Lipinski definition) is 1. The molecular formula is C9H9AcBrO2. The molecule has 0 amide bonds. The van der Waals surface area contributed by atoms with Crippen molar-refractivity contribution < 1.29 is 54.0 Å². The number of benzene rings is 1. The maximum absolute atomic E-state index is 11.2. The largest absolute Gasteiger partial charge is 0.385 e. The van der Waals surface area contributed by atoms with Crippen LogP contribution in [-0.2, 0) is 0 Å². The summed E-state index contributed by atoms with van der Waals surface area (Å²) in [4.78, 5) is 11.2. The van der Waals surface area contributed by atoms with Gasteiger partial charge in [-0.2, -0.15) is 0 Å². The quantitative estimate of drug-likeness (QED) is 0.693. The molecule has 0 aliphatic heterocycles. The molecule has 1 atom stereocenters. The van der Waals surface area contributed by atoms with Crippen LogP contribution >= 0.6 is 15.9 Å². The minimum atomic E-state index is -0.925. The van der Waals surface area contributed by atoms with E-state index in [0.29, 0.717) is 5.56 Å². The van der Waals surface area contributed by atoms with E-state index in [0.717, 1.165) is 4.47 Å².